The summed E-state index contributed by atoms with van der Waals surface area (Å²) in [6, 6.07) is 7.26. The maximum absolute atomic E-state index is 3.69. The number of rotatable bonds is 3. The molecule has 1 heterocycles. The molecule has 0 spiro atoms. The zero-order valence-corrected chi connectivity index (χ0v) is 14.0. The minimum atomic E-state index is 0.210. The standard InChI is InChI=1S/C18H30N2/c1-13(2)17-10-19-18(5,6)12-20(17)11-16-14(3)8-7-9-15(16)4/h7-9,13,17,19H,10-12H2,1-6H3. The second kappa shape index (κ2) is 5.87. The number of nitrogens with one attached hydrogen (secondary N) is 1. The molecule has 0 saturated carbocycles. The first-order valence-electron chi connectivity index (χ1n) is 7.84. The van der Waals surface area contributed by atoms with Crippen molar-refractivity contribution < 1.29 is 0 Å². The Morgan fingerprint density at radius 3 is 2.40 bits per heavy atom. The first kappa shape index (κ1) is 15.5. The number of piperazine rings is 1. The molecule has 112 valence electrons. The van der Waals surface area contributed by atoms with Gasteiger partial charge in [0, 0.05) is 31.2 Å². The molecule has 2 heteroatoms. The van der Waals surface area contributed by atoms with Gasteiger partial charge < -0.3 is 5.32 Å². The minimum Gasteiger partial charge on any atom is -0.309 e. The highest BCUT2D eigenvalue weighted by molar-refractivity contribution is 5.33. The molecular weight excluding hydrogens is 244 g/mol. The third-order valence-corrected chi connectivity index (χ3v) is 4.63. The van der Waals surface area contributed by atoms with E-state index in [4.69, 9.17) is 0 Å². The first-order chi connectivity index (χ1) is 9.30. The van der Waals surface area contributed by atoms with Gasteiger partial charge in [-0.25, -0.2) is 0 Å². The Bertz CT molecular complexity index is 442. The molecule has 2 rings (SSSR count). The van der Waals surface area contributed by atoms with Gasteiger partial charge in [-0.2, -0.15) is 0 Å². The summed E-state index contributed by atoms with van der Waals surface area (Å²) >= 11 is 0. The minimum absolute atomic E-state index is 0.210. The molecule has 20 heavy (non-hydrogen) atoms. The Morgan fingerprint density at radius 1 is 1.25 bits per heavy atom. The highest BCUT2D eigenvalue weighted by Crippen LogP contribution is 2.24. The summed E-state index contributed by atoms with van der Waals surface area (Å²) in [5.74, 6) is 0.683. The zero-order chi connectivity index (χ0) is 14.9. The fraction of sp³-hybridized carbons (Fsp3) is 0.667. The quantitative estimate of drug-likeness (QED) is 0.907. The van der Waals surface area contributed by atoms with Crippen LogP contribution in [0, 0.1) is 19.8 Å². The molecule has 1 aromatic carbocycles. The molecule has 1 fully saturated rings. The Kier molecular flexibility index (Phi) is 4.55. The van der Waals surface area contributed by atoms with E-state index in [-0.39, 0.29) is 5.54 Å². The summed E-state index contributed by atoms with van der Waals surface area (Å²) in [5, 5.41) is 3.69. The predicted octanol–water partition coefficient (Wildman–Crippen LogP) is 3.51. The van der Waals surface area contributed by atoms with Crippen LogP contribution in [0.5, 0.6) is 0 Å². The molecule has 2 nitrogen and oxygen atoms in total. The van der Waals surface area contributed by atoms with Crippen molar-refractivity contribution in [3.63, 3.8) is 0 Å². The molecular formula is C18H30N2. The van der Waals surface area contributed by atoms with Gasteiger partial charge in [0.05, 0.1) is 0 Å². The van der Waals surface area contributed by atoms with Crippen LogP contribution < -0.4 is 5.32 Å². The SMILES string of the molecule is Cc1cccc(C)c1CN1CC(C)(C)NCC1C(C)C. The lowest BCUT2D eigenvalue weighted by Gasteiger charge is -2.46. The Balaban J connectivity index is 2.23. The van der Waals surface area contributed by atoms with E-state index in [0.717, 1.165) is 19.6 Å². The van der Waals surface area contributed by atoms with Crippen LogP contribution in [0.25, 0.3) is 0 Å². The van der Waals surface area contributed by atoms with Gasteiger partial charge in [0.1, 0.15) is 0 Å². The van der Waals surface area contributed by atoms with Crippen LogP contribution in [0.1, 0.15) is 44.4 Å². The lowest BCUT2D eigenvalue weighted by Crippen LogP contribution is -2.62. The summed E-state index contributed by atoms with van der Waals surface area (Å²) in [5.41, 5.74) is 4.56. The van der Waals surface area contributed by atoms with Gasteiger partial charge in [0.15, 0.2) is 0 Å². The average molecular weight is 274 g/mol. The maximum Gasteiger partial charge on any atom is 0.0253 e. The topological polar surface area (TPSA) is 15.3 Å². The largest absolute Gasteiger partial charge is 0.309 e. The molecule has 0 aliphatic carbocycles. The van der Waals surface area contributed by atoms with Crippen LogP contribution in [0.15, 0.2) is 18.2 Å². The summed E-state index contributed by atoms with van der Waals surface area (Å²) in [6.07, 6.45) is 0. The molecule has 1 unspecified atom stereocenters. The second-order valence-electron chi connectivity index (χ2n) is 7.35. The van der Waals surface area contributed by atoms with Crippen molar-refractivity contribution in [3.05, 3.63) is 34.9 Å². The van der Waals surface area contributed by atoms with Crippen molar-refractivity contribution in [2.45, 2.75) is 59.7 Å². The third-order valence-electron chi connectivity index (χ3n) is 4.63. The van der Waals surface area contributed by atoms with Gasteiger partial charge in [-0.05, 0) is 50.3 Å². The number of aryl methyl sites for hydroxylation is 2. The summed E-state index contributed by atoms with van der Waals surface area (Å²) in [6.45, 7) is 17.0. The van der Waals surface area contributed by atoms with Crippen molar-refractivity contribution in [1.29, 1.82) is 0 Å². The van der Waals surface area contributed by atoms with Gasteiger partial charge in [0.2, 0.25) is 0 Å². The van der Waals surface area contributed by atoms with Crippen LogP contribution in [-0.2, 0) is 6.54 Å². The van der Waals surface area contributed by atoms with Crippen molar-refractivity contribution in [2.24, 2.45) is 5.92 Å². The fourth-order valence-corrected chi connectivity index (χ4v) is 3.32. The maximum atomic E-state index is 3.69. The van der Waals surface area contributed by atoms with Gasteiger partial charge in [-0.15, -0.1) is 0 Å². The zero-order valence-electron chi connectivity index (χ0n) is 14.0. The number of nitrogens with zero attached hydrogens (tertiary/aromatic N) is 1. The van der Waals surface area contributed by atoms with Crippen LogP contribution in [0.2, 0.25) is 0 Å². The summed E-state index contributed by atoms with van der Waals surface area (Å²) < 4.78 is 0. The number of benzene rings is 1. The van der Waals surface area contributed by atoms with Crippen LogP contribution in [0.4, 0.5) is 0 Å². The highest BCUT2D eigenvalue weighted by Gasteiger charge is 2.34. The van der Waals surface area contributed by atoms with Crippen LogP contribution in [0.3, 0.4) is 0 Å². The highest BCUT2D eigenvalue weighted by atomic mass is 15.2. The van der Waals surface area contributed by atoms with E-state index in [9.17, 15) is 0 Å². The van der Waals surface area contributed by atoms with E-state index >= 15 is 0 Å². The molecule has 0 aromatic heterocycles. The number of hydrogen-bond acceptors (Lipinski definition) is 2. The molecule has 0 radical (unpaired) electrons. The van der Waals surface area contributed by atoms with Gasteiger partial charge in [0.25, 0.3) is 0 Å². The normalized spacial score (nSPS) is 23.2. The lowest BCUT2D eigenvalue weighted by atomic mass is 9.91. The van der Waals surface area contributed by atoms with Crippen molar-refractivity contribution in [3.8, 4) is 0 Å². The smallest absolute Gasteiger partial charge is 0.0253 e. The van der Waals surface area contributed by atoms with Crippen molar-refractivity contribution in [2.75, 3.05) is 13.1 Å². The molecule has 1 aromatic rings. The van der Waals surface area contributed by atoms with E-state index in [1.165, 1.54) is 16.7 Å². The molecule has 0 amide bonds. The predicted molar refractivity (Wildman–Crippen MR) is 87.0 cm³/mol. The van der Waals surface area contributed by atoms with E-state index in [2.05, 4.69) is 70.0 Å². The molecule has 1 N–H and O–H groups in total. The van der Waals surface area contributed by atoms with E-state index in [0.29, 0.717) is 12.0 Å². The fourth-order valence-electron chi connectivity index (χ4n) is 3.32. The average Bonchev–Trinajstić information content (AvgIpc) is 2.32. The monoisotopic (exact) mass is 274 g/mol. The van der Waals surface area contributed by atoms with E-state index < -0.39 is 0 Å². The molecule has 1 aliphatic rings. The Hall–Kier alpha value is -0.860. The summed E-state index contributed by atoms with van der Waals surface area (Å²) in [7, 11) is 0. The molecule has 1 saturated heterocycles. The van der Waals surface area contributed by atoms with Crippen LogP contribution >= 0.6 is 0 Å². The van der Waals surface area contributed by atoms with Crippen LogP contribution in [-0.4, -0.2) is 29.6 Å². The number of hydrogen-bond donors (Lipinski definition) is 1. The first-order valence-corrected chi connectivity index (χ1v) is 7.84. The molecule has 0 bridgehead atoms. The molecule has 1 atom stereocenters. The van der Waals surface area contributed by atoms with Crippen molar-refractivity contribution >= 4 is 0 Å². The second-order valence-corrected chi connectivity index (χ2v) is 7.35. The van der Waals surface area contributed by atoms with Gasteiger partial charge in [-0.3, -0.25) is 4.90 Å². The van der Waals surface area contributed by atoms with E-state index in [1.807, 2.05) is 0 Å². The van der Waals surface area contributed by atoms with Crippen molar-refractivity contribution in [1.82, 2.24) is 10.2 Å². The Morgan fingerprint density at radius 2 is 1.85 bits per heavy atom. The van der Waals surface area contributed by atoms with Gasteiger partial charge in [-0.1, -0.05) is 32.0 Å². The lowest BCUT2D eigenvalue weighted by molar-refractivity contribution is 0.0624. The molecule has 1 aliphatic heterocycles. The van der Waals surface area contributed by atoms with Gasteiger partial charge >= 0.3 is 0 Å². The summed E-state index contributed by atoms with van der Waals surface area (Å²) in [4.78, 5) is 2.68. The Labute approximate surface area is 124 Å². The third kappa shape index (κ3) is 3.42. The van der Waals surface area contributed by atoms with E-state index in [1.54, 1.807) is 0 Å².